The summed E-state index contributed by atoms with van der Waals surface area (Å²) in [7, 11) is 4.96. The highest BCUT2D eigenvalue weighted by atomic mass is 127. The van der Waals surface area contributed by atoms with Crippen LogP contribution < -0.4 is 37.9 Å². The van der Waals surface area contributed by atoms with Crippen molar-refractivity contribution in [3.63, 3.8) is 0 Å². The summed E-state index contributed by atoms with van der Waals surface area (Å²) in [5, 5.41) is 0. The van der Waals surface area contributed by atoms with Gasteiger partial charge < -0.3 is 37.9 Å². The highest BCUT2D eigenvalue weighted by molar-refractivity contribution is 14.1. The number of ether oxygens (including phenoxy) is 8. The van der Waals surface area contributed by atoms with Crippen LogP contribution in [0.3, 0.4) is 0 Å². The molecule has 0 radical (unpaired) electrons. The van der Waals surface area contributed by atoms with Gasteiger partial charge in [0.15, 0.2) is 0 Å². The molecule has 0 amide bonds. The van der Waals surface area contributed by atoms with Gasteiger partial charge in [-0.15, -0.1) is 0 Å². The van der Waals surface area contributed by atoms with Crippen molar-refractivity contribution in [2.75, 3.05) is 21.3 Å². The Bertz CT molecular complexity index is 3570. The molecule has 0 saturated heterocycles. The lowest BCUT2D eigenvalue weighted by atomic mass is 9.81. The predicted octanol–water partition coefficient (Wildman–Crippen LogP) is 19.0. The third kappa shape index (κ3) is 12.4. The fraction of sp³-hybridized carbons (Fsp3) is 0.0909. The average Bonchev–Trinajstić information content (AvgIpc) is 3.45. The largest absolute Gasteiger partial charge is 0.497 e. The van der Waals surface area contributed by atoms with Crippen molar-refractivity contribution in [3.05, 3.63) is 253 Å². The van der Waals surface area contributed by atoms with E-state index < -0.39 is 5.92 Å². The van der Waals surface area contributed by atoms with Crippen LogP contribution in [0.25, 0.3) is 22.3 Å². The van der Waals surface area contributed by atoms with Crippen LogP contribution in [0.2, 0.25) is 0 Å². The highest BCUT2D eigenvalue weighted by Gasteiger charge is 2.31. The molecule has 1 unspecified atom stereocenters. The Labute approximate surface area is 471 Å². The van der Waals surface area contributed by atoms with Crippen LogP contribution in [0, 0.1) is 21.0 Å². The summed E-state index contributed by atoms with van der Waals surface area (Å²) in [5.74, 6) is 8.49. The summed E-state index contributed by atoms with van der Waals surface area (Å²) >= 11 is 4.79. The van der Waals surface area contributed by atoms with E-state index in [-0.39, 0.29) is 0 Å². The Morgan fingerprint density at radius 2 is 0.592 bits per heavy atom. The van der Waals surface area contributed by atoms with E-state index in [0.29, 0.717) is 46.0 Å². The van der Waals surface area contributed by atoms with Crippen molar-refractivity contribution in [2.45, 2.75) is 19.8 Å². The molecule has 0 heterocycles. The molecule has 378 valence electrons. The number of halogens is 2. The van der Waals surface area contributed by atoms with Crippen LogP contribution in [-0.2, 0) is 0 Å². The van der Waals surface area contributed by atoms with E-state index in [4.69, 9.17) is 37.9 Å². The molecule has 1 atom stereocenters. The smallest absolute Gasteiger partial charge is 0.144 e. The minimum absolute atomic E-state index is 0.577. The van der Waals surface area contributed by atoms with Crippen molar-refractivity contribution >= 4 is 45.2 Å². The van der Waals surface area contributed by atoms with E-state index in [1.165, 1.54) is 5.56 Å². The highest BCUT2D eigenvalue weighted by Crippen LogP contribution is 2.50. The number of aryl methyl sites for hydroxylation is 2. The fourth-order valence-electron chi connectivity index (χ4n) is 8.72. The van der Waals surface area contributed by atoms with Crippen LogP contribution in [0.5, 0.6) is 74.7 Å². The van der Waals surface area contributed by atoms with Gasteiger partial charge in [0.2, 0.25) is 0 Å². The molecule has 0 fully saturated rings. The maximum atomic E-state index is 7.05. The second-order valence-electron chi connectivity index (χ2n) is 18.0. The van der Waals surface area contributed by atoms with Gasteiger partial charge in [-0.05, 0) is 239 Å². The van der Waals surface area contributed by atoms with Crippen molar-refractivity contribution in [1.82, 2.24) is 0 Å². The van der Waals surface area contributed by atoms with Crippen molar-refractivity contribution in [1.29, 1.82) is 0 Å². The van der Waals surface area contributed by atoms with Crippen molar-refractivity contribution in [3.8, 4) is 97.0 Å². The molecule has 0 spiro atoms. The maximum absolute atomic E-state index is 7.05. The molecule has 0 aromatic heterocycles. The quantitative estimate of drug-likeness (QED) is 0.0621. The summed E-state index contributed by atoms with van der Waals surface area (Å²) in [4.78, 5) is 0. The Hall–Kier alpha value is -7.94. The Kier molecular flexibility index (Phi) is 16.1. The minimum atomic E-state index is -0.577. The SMILES string of the molecule is COc1ccc(Oc2ccc(-c3ccc(Oc4ccc(OC)cc4)c(C(c4cc(-c5ccc(Oc6ccc(C)cc6)cc5)ccc4Oc4ccc(C)cc4)c4cc(I)cc(I)c4Oc4ccc(OC)cc4)c3)cc2)cc1. The van der Waals surface area contributed by atoms with Crippen LogP contribution in [0.15, 0.2) is 218 Å². The van der Waals surface area contributed by atoms with E-state index in [0.717, 1.165) is 80.4 Å². The topological polar surface area (TPSA) is 73.8 Å². The molecule has 0 aliphatic rings. The van der Waals surface area contributed by atoms with Gasteiger partial charge in [0.05, 0.1) is 24.9 Å². The number of rotatable bonds is 18. The first-order chi connectivity index (χ1) is 37.1. The lowest BCUT2D eigenvalue weighted by Gasteiger charge is -2.28. The van der Waals surface area contributed by atoms with E-state index in [9.17, 15) is 0 Å². The molecule has 10 rings (SSSR count). The van der Waals surface area contributed by atoms with Gasteiger partial charge in [0.25, 0.3) is 0 Å². The van der Waals surface area contributed by atoms with Gasteiger partial charge in [0, 0.05) is 26.2 Å². The molecule has 0 aliphatic carbocycles. The van der Waals surface area contributed by atoms with Gasteiger partial charge >= 0.3 is 0 Å². The van der Waals surface area contributed by atoms with E-state index in [2.05, 4.69) is 138 Å². The number of benzene rings is 10. The molecule has 0 saturated carbocycles. The monoisotopic (exact) mass is 1230 g/mol. The lowest BCUT2D eigenvalue weighted by Crippen LogP contribution is -2.10. The van der Waals surface area contributed by atoms with Crippen molar-refractivity contribution < 1.29 is 37.9 Å². The molecule has 0 bridgehead atoms. The standard InChI is InChI=1S/C66H52I2O8/c1-42-6-16-52(17-7-42)72-53-20-10-44(11-21-53)46-14-36-63(74-56-18-8-43(2)9-19-56)59(38-46)65(61-40-48(67)41-62(68)66(61)76-58-34-28-51(71-5)29-35-58)60-39-47(15-37-64(60)75-57-32-26-50(70-4)27-33-57)45-12-22-54(23-13-45)73-55-30-24-49(69-3)25-31-55/h6-41,65H,1-5H3. The first-order valence-corrected chi connectivity index (χ1v) is 26.7. The molecule has 0 N–H and O–H groups in total. The summed E-state index contributed by atoms with van der Waals surface area (Å²) in [6.45, 7) is 4.13. The maximum Gasteiger partial charge on any atom is 0.144 e. The molecular formula is C66H52I2O8. The number of hydrogen-bond acceptors (Lipinski definition) is 8. The van der Waals surface area contributed by atoms with Gasteiger partial charge in [-0.25, -0.2) is 0 Å². The summed E-state index contributed by atoms with van der Waals surface area (Å²) < 4.78 is 52.1. The minimum Gasteiger partial charge on any atom is -0.497 e. The Morgan fingerprint density at radius 1 is 0.289 bits per heavy atom. The zero-order valence-electron chi connectivity index (χ0n) is 42.4. The normalized spacial score (nSPS) is 11.3. The molecule has 10 aromatic carbocycles. The first kappa shape index (κ1) is 51.5. The molecular weight excluding hydrogens is 1170 g/mol. The van der Waals surface area contributed by atoms with E-state index in [1.807, 2.05) is 140 Å². The van der Waals surface area contributed by atoms with E-state index >= 15 is 0 Å². The molecule has 8 nitrogen and oxygen atoms in total. The zero-order valence-corrected chi connectivity index (χ0v) is 46.7. The van der Waals surface area contributed by atoms with Gasteiger partial charge in [-0.2, -0.15) is 0 Å². The summed E-state index contributed by atoms with van der Waals surface area (Å²) in [5.41, 5.74) is 8.81. The molecule has 0 aliphatic heterocycles. The fourth-order valence-corrected chi connectivity index (χ4v) is 10.7. The van der Waals surface area contributed by atoms with Crippen molar-refractivity contribution in [2.24, 2.45) is 0 Å². The third-order valence-corrected chi connectivity index (χ3v) is 14.2. The summed E-state index contributed by atoms with van der Waals surface area (Å²) in [6, 6.07) is 72.3. The van der Waals surface area contributed by atoms with E-state index in [1.54, 1.807) is 21.3 Å². The molecule has 76 heavy (non-hydrogen) atoms. The second-order valence-corrected chi connectivity index (χ2v) is 20.4. The lowest BCUT2D eigenvalue weighted by molar-refractivity contribution is 0.412. The molecule has 10 heteroatoms. The zero-order chi connectivity index (χ0) is 52.5. The van der Waals surface area contributed by atoms with Crippen LogP contribution in [0.1, 0.15) is 33.7 Å². The number of methoxy groups -OCH3 is 3. The van der Waals surface area contributed by atoms with Crippen LogP contribution in [-0.4, -0.2) is 21.3 Å². The average molecular weight is 1230 g/mol. The van der Waals surface area contributed by atoms with Gasteiger partial charge in [0.1, 0.15) is 74.7 Å². The molecule has 10 aromatic rings. The first-order valence-electron chi connectivity index (χ1n) is 24.5. The predicted molar refractivity (Wildman–Crippen MR) is 318 cm³/mol. The Balaban J connectivity index is 1.18. The Morgan fingerprint density at radius 3 is 0.961 bits per heavy atom. The second kappa shape index (κ2) is 23.7. The third-order valence-electron chi connectivity index (χ3n) is 12.7. The number of hydrogen-bond donors (Lipinski definition) is 0. The van der Waals surface area contributed by atoms with Gasteiger partial charge in [-0.3, -0.25) is 0 Å². The van der Waals surface area contributed by atoms with Crippen LogP contribution in [0.4, 0.5) is 0 Å². The van der Waals surface area contributed by atoms with Gasteiger partial charge in [-0.1, -0.05) is 71.8 Å². The summed E-state index contributed by atoms with van der Waals surface area (Å²) in [6.07, 6.45) is 0. The van der Waals surface area contributed by atoms with Crippen LogP contribution >= 0.6 is 45.2 Å².